The number of halogens is 2. The molecule has 0 aliphatic heterocycles. The molecule has 1 aromatic heterocycles. The fourth-order valence-electron chi connectivity index (χ4n) is 2.68. The molecule has 0 spiro atoms. The molecule has 1 atom stereocenters. The number of benzene rings is 1. The summed E-state index contributed by atoms with van der Waals surface area (Å²) in [5, 5.41) is 0. The monoisotopic (exact) mass is 335 g/mol. The molecule has 130 valence electrons. The van der Waals surface area contributed by atoms with Crippen molar-refractivity contribution in [1.82, 2.24) is 9.97 Å². The van der Waals surface area contributed by atoms with Crippen molar-refractivity contribution in [3.05, 3.63) is 41.9 Å². The molecule has 0 fully saturated rings. The van der Waals surface area contributed by atoms with Gasteiger partial charge in [-0.05, 0) is 38.3 Å². The Bertz CT molecular complexity index is 717. The van der Waals surface area contributed by atoms with Gasteiger partial charge in [0.1, 0.15) is 18.2 Å². The molecule has 4 nitrogen and oxygen atoms in total. The standard InChI is InChI=1S/C18H23F2N3O/c1-11(2)9-18(4,21)10-24-17-8-14(19)13(7-15(17)20)16-5-6-22-12(3)23-16/h5-8,11H,9-10,21H2,1-4H3. The van der Waals surface area contributed by atoms with Crippen molar-refractivity contribution in [3.8, 4) is 17.0 Å². The summed E-state index contributed by atoms with van der Waals surface area (Å²) >= 11 is 0. The van der Waals surface area contributed by atoms with Gasteiger partial charge in [-0.1, -0.05) is 13.8 Å². The molecule has 2 rings (SSSR count). The van der Waals surface area contributed by atoms with E-state index >= 15 is 0 Å². The number of nitrogens with zero attached hydrogens (tertiary/aromatic N) is 2. The van der Waals surface area contributed by atoms with E-state index in [4.69, 9.17) is 10.5 Å². The Labute approximate surface area is 141 Å². The Morgan fingerprint density at radius 2 is 1.96 bits per heavy atom. The van der Waals surface area contributed by atoms with Crippen molar-refractivity contribution in [2.75, 3.05) is 6.61 Å². The van der Waals surface area contributed by atoms with Crippen LogP contribution >= 0.6 is 0 Å². The number of nitrogens with two attached hydrogens (primary N) is 1. The van der Waals surface area contributed by atoms with Crippen molar-refractivity contribution >= 4 is 0 Å². The Balaban J connectivity index is 2.21. The van der Waals surface area contributed by atoms with Crippen LogP contribution < -0.4 is 10.5 Å². The van der Waals surface area contributed by atoms with E-state index in [-0.39, 0.29) is 17.9 Å². The quantitative estimate of drug-likeness (QED) is 0.870. The molecule has 2 aromatic rings. The highest BCUT2D eigenvalue weighted by atomic mass is 19.1. The lowest BCUT2D eigenvalue weighted by Gasteiger charge is -2.26. The van der Waals surface area contributed by atoms with Crippen molar-refractivity contribution in [2.24, 2.45) is 11.7 Å². The summed E-state index contributed by atoms with van der Waals surface area (Å²) in [7, 11) is 0. The average molecular weight is 335 g/mol. The molecule has 1 aromatic carbocycles. The number of aryl methyl sites for hydroxylation is 1. The summed E-state index contributed by atoms with van der Waals surface area (Å²) in [5.74, 6) is -0.536. The van der Waals surface area contributed by atoms with Crippen LogP contribution in [0.25, 0.3) is 11.3 Å². The first-order valence-corrected chi connectivity index (χ1v) is 7.89. The van der Waals surface area contributed by atoms with Crippen LogP contribution in [0, 0.1) is 24.5 Å². The molecular formula is C18H23F2N3O. The topological polar surface area (TPSA) is 61.0 Å². The minimum absolute atomic E-state index is 0.0723. The zero-order valence-corrected chi connectivity index (χ0v) is 14.4. The molecule has 0 saturated heterocycles. The normalized spacial score (nSPS) is 13.8. The summed E-state index contributed by atoms with van der Waals surface area (Å²) in [6.07, 6.45) is 2.22. The van der Waals surface area contributed by atoms with Crippen molar-refractivity contribution in [1.29, 1.82) is 0 Å². The zero-order valence-electron chi connectivity index (χ0n) is 14.4. The van der Waals surface area contributed by atoms with Crippen LogP contribution in [0.5, 0.6) is 5.75 Å². The van der Waals surface area contributed by atoms with E-state index in [1.165, 1.54) is 12.3 Å². The minimum atomic E-state index is -0.650. The molecule has 6 heteroatoms. The molecule has 2 N–H and O–H groups in total. The molecule has 0 radical (unpaired) electrons. The van der Waals surface area contributed by atoms with Crippen molar-refractivity contribution in [3.63, 3.8) is 0 Å². The third kappa shape index (κ3) is 4.71. The SMILES string of the molecule is Cc1nccc(-c2cc(F)c(OCC(C)(N)CC(C)C)cc2F)n1. The smallest absolute Gasteiger partial charge is 0.165 e. The summed E-state index contributed by atoms with van der Waals surface area (Å²) < 4.78 is 34.0. The lowest BCUT2D eigenvalue weighted by Crippen LogP contribution is -2.43. The molecule has 0 saturated carbocycles. The van der Waals surface area contributed by atoms with Crippen LogP contribution in [-0.4, -0.2) is 22.1 Å². The second-order valence-corrected chi connectivity index (χ2v) is 6.79. The largest absolute Gasteiger partial charge is 0.489 e. The van der Waals surface area contributed by atoms with Gasteiger partial charge in [0, 0.05) is 23.4 Å². The van der Waals surface area contributed by atoms with E-state index in [9.17, 15) is 8.78 Å². The highest BCUT2D eigenvalue weighted by Crippen LogP contribution is 2.28. The highest BCUT2D eigenvalue weighted by Gasteiger charge is 2.22. The molecule has 0 aliphatic carbocycles. The van der Waals surface area contributed by atoms with Crippen LogP contribution in [-0.2, 0) is 0 Å². The third-order valence-electron chi connectivity index (χ3n) is 3.51. The van der Waals surface area contributed by atoms with Gasteiger partial charge in [-0.2, -0.15) is 0 Å². The molecule has 24 heavy (non-hydrogen) atoms. The van der Waals surface area contributed by atoms with E-state index in [0.29, 0.717) is 17.4 Å². The summed E-state index contributed by atoms with van der Waals surface area (Å²) in [4.78, 5) is 8.06. The summed E-state index contributed by atoms with van der Waals surface area (Å²) in [6, 6.07) is 3.65. The predicted octanol–water partition coefficient (Wildman–Crippen LogP) is 3.87. The summed E-state index contributed by atoms with van der Waals surface area (Å²) in [5.41, 5.74) is 5.92. The van der Waals surface area contributed by atoms with Gasteiger partial charge in [-0.3, -0.25) is 0 Å². The number of ether oxygens (including phenoxy) is 1. The lowest BCUT2D eigenvalue weighted by molar-refractivity contribution is 0.199. The fourth-order valence-corrected chi connectivity index (χ4v) is 2.68. The van der Waals surface area contributed by atoms with Gasteiger partial charge in [0.05, 0.1) is 5.69 Å². The second kappa shape index (κ2) is 7.21. The van der Waals surface area contributed by atoms with Crippen molar-refractivity contribution in [2.45, 2.75) is 39.7 Å². The Morgan fingerprint density at radius 3 is 2.58 bits per heavy atom. The van der Waals surface area contributed by atoms with Gasteiger partial charge in [0.15, 0.2) is 11.6 Å². The van der Waals surface area contributed by atoms with Gasteiger partial charge in [-0.15, -0.1) is 0 Å². The molecular weight excluding hydrogens is 312 g/mol. The number of hydrogen-bond acceptors (Lipinski definition) is 4. The van der Waals surface area contributed by atoms with Gasteiger partial charge in [0.2, 0.25) is 0 Å². The predicted molar refractivity (Wildman–Crippen MR) is 89.7 cm³/mol. The van der Waals surface area contributed by atoms with Gasteiger partial charge in [-0.25, -0.2) is 18.7 Å². The molecule has 0 aliphatic rings. The van der Waals surface area contributed by atoms with Crippen molar-refractivity contribution < 1.29 is 13.5 Å². The Morgan fingerprint density at radius 1 is 1.25 bits per heavy atom. The van der Waals surface area contributed by atoms with Crippen LogP contribution in [0.3, 0.4) is 0 Å². The molecule has 0 bridgehead atoms. The van der Waals surface area contributed by atoms with E-state index in [0.717, 1.165) is 18.6 Å². The number of hydrogen-bond donors (Lipinski definition) is 1. The Kier molecular flexibility index (Phi) is 5.49. The molecule has 1 heterocycles. The van der Waals surface area contributed by atoms with Crippen LogP contribution in [0.1, 0.15) is 33.0 Å². The maximum atomic E-state index is 14.3. The lowest BCUT2D eigenvalue weighted by atomic mass is 9.93. The maximum Gasteiger partial charge on any atom is 0.165 e. The van der Waals surface area contributed by atoms with E-state index in [1.54, 1.807) is 6.92 Å². The fraction of sp³-hybridized carbons (Fsp3) is 0.444. The van der Waals surface area contributed by atoms with Crippen LogP contribution in [0.15, 0.2) is 24.4 Å². The number of rotatable bonds is 6. The first-order valence-electron chi connectivity index (χ1n) is 7.89. The van der Waals surface area contributed by atoms with Gasteiger partial charge >= 0.3 is 0 Å². The Hall–Kier alpha value is -2.08. The van der Waals surface area contributed by atoms with Crippen LogP contribution in [0.2, 0.25) is 0 Å². The molecule has 1 unspecified atom stereocenters. The van der Waals surface area contributed by atoms with E-state index in [2.05, 4.69) is 9.97 Å². The van der Waals surface area contributed by atoms with E-state index < -0.39 is 17.2 Å². The first-order chi connectivity index (χ1) is 11.2. The van der Waals surface area contributed by atoms with Gasteiger partial charge in [0.25, 0.3) is 0 Å². The third-order valence-corrected chi connectivity index (χ3v) is 3.51. The maximum absolute atomic E-state index is 14.3. The number of aromatic nitrogens is 2. The minimum Gasteiger partial charge on any atom is -0.489 e. The van der Waals surface area contributed by atoms with Gasteiger partial charge < -0.3 is 10.5 Å². The average Bonchev–Trinajstić information content (AvgIpc) is 2.46. The zero-order chi connectivity index (χ0) is 17.9. The molecule has 0 amide bonds. The van der Waals surface area contributed by atoms with E-state index in [1.807, 2.05) is 20.8 Å². The van der Waals surface area contributed by atoms with Crippen LogP contribution in [0.4, 0.5) is 8.78 Å². The first kappa shape index (κ1) is 18.3. The highest BCUT2D eigenvalue weighted by molar-refractivity contribution is 5.61. The second-order valence-electron chi connectivity index (χ2n) is 6.79. The summed E-state index contributed by atoms with van der Waals surface area (Å²) in [6.45, 7) is 7.71.